The zero-order valence-electron chi connectivity index (χ0n) is 5.92. The molecule has 0 fully saturated rings. The van der Waals surface area contributed by atoms with Crippen LogP contribution in [0.4, 0.5) is 0 Å². The third kappa shape index (κ3) is 5.83. The van der Waals surface area contributed by atoms with E-state index in [1.165, 1.54) is 6.42 Å². The van der Waals surface area contributed by atoms with Crippen molar-refractivity contribution in [2.24, 2.45) is 0 Å². The van der Waals surface area contributed by atoms with Gasteiger partial charge in [-0.2, -0.15) is 11.8 Å². The molecule has 0 saturated carbocycles. The number of hydrogen-bond donors (Lipinski definition) is 0. The van der Waals surface area contributed by atoms with E-state index in [0.29, 0.717) is 0 Å². The molecule has 0 aromatic rings. The molecule has 0 N–H and O–H groups in total. The quantitative estimate of drug-likeness (QED) is 0.489. The fourth-order valence-corrected chi connectivity index (χ4v) is 5.28. The van der Waals surface area contributed by atoms with E-state index in [2.05, 4.69) is 19.4 Å². The molecule has 0 aromatic heterocycles. The highest BCUT2D eigenvalue weighted by Gasteiger charge is 2.02. The molecule has 0 aliphatic rings. The highest BCUT2D eigenvalue weighted by atomic mass is 33.5. The van der Waals surface area contributed by atoms with Gasteiger partial charge in [-0.15, -0.1) is 0 Å². The Labute approximate surface area is 73.5 Å². The van der Waals surface area contributed by atoms with Crippen LogP contribution in [0.1, 0.15) is 13.3 Å². The molecule has 9 heavy (non-hydrogen) atoms. The molecule has 0 heterocycles. The van der Waals surface area contributed by atoms with Crippen molar-refractivity contribution in [1.82, 2.24) is 0 Å². The predicted molar refractivity (Wildman–Crippen MR) is 56.3 cm³/mol. The van der Waals surface area contributed by atoms with Gasteiger partial charge in [0.05, 0.1) is 4.58 Å². The summed E-state index contributed by atoms with van der Waals surface area (Å²) in [6.45, 7) is 2.23. The Morgan fingerprint density at radius 3 is 2.33 bits per heavy atom. The molecule has 0 saturated heterocycles. The van der Waals surface area contributed by atoms with Crippen molar-refractivity contribution in [3.63, 3.8) is 0 Å². The minimum absolute atomic E-state index is 0.780. The lowest BCUT2D eigenvalue weighted by Gasteiger charge is -2.07. The largest absolute Gasteiger partial charge is 0.150 e. The van der Waals surface area contributed by atoms with Crippen molar-refractivity contribution in [2.75, 3.05) is 12.5 Å². The molecule has 0 rings (SSSR count). The van der Waals surface area contributed by atoms with Crippen molar-refractivity contribution >= 4 is 43.2 Å². The minimum atomic E-state index is 0.780. The second-order valence-electron chi connectivity index (χ2n) is 1.40. The number of rotatable bonds is 5. The van der Waals surface area contributed by atoms with Crippen molar-refractivity contribution < 1.29 is 0 Å². The maximum Gasteiger partial charge on any atom is 0.0608 e. The summed E-state index contributed by atoms with van der Waals surface area (Å²) in [5.41, 5.74) is 0. The molecular formula is C5H12S4. The summed E-state index contributed by atoms with van der Waals surface area (Å²) in [5.74, 6) is 0. The van der Waals surface area contributed by atoms with E-state index in [1.807, 2.05) is 43.2 Å². The average molecular weight is 200 g/mol. The molecule has 0 nitrogen and oxygen atoms in total. The zero-order chi connectivity index (χ0) is 7.11. The van der Waals surface area contributed by atoms with Gasteiger partial charge in [0.15, 0.2) is 0 Å². The van der Waals surface area contributed by atoms with E-state index >= 15 is 0 Å². The zero-order valence-corrected chi connectivity index (χ0v) is 9.18. The Hall–Kier alpha value is 1.40. The highest BCUT2D eigenvalue weighted by molar-refractivity contribution is 9.09. The summed E-state index contributed by atoms with van der Waals surface area (Å²) in [7, 11) is 5.67. The molecule has 0 aliphatic heterocycles. The molecule has 0 radical (unpaired) electrons. The molecular weight excluding hydrogens is 188 g/mol. The third-order valence-electron chi connectivity index (χ3n) is 0.811. The lowest BCUT2D eigenvalue weighted by Crippen LogP contribution is -1.87. The van der Waals surface area contributed by atoms with Crippen LogP contribution in [-0.2, 0) is 0 Å². The van der Waals surface area contributed by atoms with Crippen molar-refractivity contribution in [3.8, 4) is 0 Å². The molecule has 0 aromatic carbocycles. The van der Waals surface area contributed by atoms with Crippen LogP contribution in [0, 0.1) is 0 Å². The van der Waals surface area contributed by atoms with Crippen molar-refractivity contribution in [2.45, 2.75) is 17.9 Å². The fraction of sp³-hybridized carbons (Fsp3) is 1.00. The van der Waals surface area contributed by atoms with Gasteiger partial charge in [0.25, 0.3) is 0 Å². The first-order chi connectivity index (χ1) is 4.35. The van der Waals surface area contributed by atoms with E-state index in [-0.39, 0.29) is 0 Å². The topological polar surface area (TPSA) is 0 Å². The molecule has 0 spiro atoms. The maximum absolute atomic E-state index is 2.23. The maximum atomic E-state index is 2.23. The van der Waals surface area contributed by atoms with E-state index in [4.69, 9.17) is 0 Å². The summed E-state index contributed by atoms with van der Waals surface area (Å²) in [6, 6.07) is 0. The smallest absolute Gasteiger partial charge is 0.0608 e. The van der Waals surface area contributed by atoms with Crippen molar-refractivity contribution in [3.05, 3.63) is 0 Å². The van der Waals surface area contributed by atoms with E-state index in [0.717, 1.165) is 4.58 Å². The fourth-order valence-electron chi connectivity index (χ4n) is 0.357. The lowest BCUT2D eigenvalue weighted by atomic mass is 10.6. The Kier molecular flexibility index (Phi) is 8.67. The average Bonchev–Trinajstić information content (AvgIpc) is 1.91. The predicted octanol–water partition coefficient (Wildman–Crippen LogP) is 3.74. The molecule has 56 valence electrons. The van der Waals surface area contributed by atoms with Crippen LogP contribution in [0.2, 0.25) is 0 Å². The Bertz CT molecular complexity index is 52.9. The summed E-state index contributed by atoms with van der Waals surface area (Å²) in [5, 5.41) is 0. The molecule has 0 bridgehead atoms. The van der Waals surface area contributed by atoms with Gasteiger partial charge in [0.1, 0.15) is 0 Å². The standard InChI is InChI=1S/C5H12S4/c1-4-5(6-2)8-9-7-3/h5H,4H2,1-3H3. The summed E-state index contributed by atoms with van der Waals surface area (Å²) in [6.07, 6.45) is 5.55. The first-order valence-electron chi connectivity index (χ1n) is 2.74. The van der Waals surface area contributed by atoms with Crippen LogP contribution in [0.15, 0.2) is 0 Å². The van der Waals surface area contributed by atoms with Crippen LogP contribution in [-0.4, -0.2) is 17.1 Å². The van der Waals surface area contributed by atoms with Crippen LogP contribution in [0.25, 0.3) is 0 Å². The van der Waals surface area contributed by atoms with E-state index in [9.17, 15) is 0 Å². The Morgan fingerprint density at radius 1 is 1.33 bits per heavy atom. The van der Waals surface area contributed by atoms with Gasteiger partial charge in [-0.05, 0) is 28.8 Å². The van der Waals surface area contributed by atoms with Gasteiger partial charge < -0.3 is 0 Å². The Balaban J connectivity index is 3.09. The summed E-state index contributed by atoms with van der Waals surface area (Å²) < 4.78 is 0.780. The number of hydrogen-bond acceptors (Lipinski definition) is 4. The van der Waals surface area contributed by atoms with Gasteiger partial charge >= 0.3 is 0 Å². The second kappa shape index (κ2) is 7.51. The van der Waals surface area contributed by atoms with Gasteiger partial charge in [0.2, 0.25) is 0 Å². The summed E-state index contributed by atoms with van der Waals surface area (Å²) in [4.78, 5) is 0. The van der Waals surface area contributed by atoms with E-state index in [1.54, 1.807) is 0 Å². The van der Waals surface area contributed by atoms with Gasteiger partial charge in [0, 0.05) is 0 Å². The molecule has 0 aliphatic carbocycles. The third-order valence-corrected chi connectivity index (χ3v) is 6.94. The highest BCUT2D eigenvalue weighted by Crippen LogP contribution is 2.40. The van der Waals surface area contributed by atoms with Gasteiger partial charge in [-0.1, -0.05) is 28.5 Å². The van der Waals surface area contributed by atoms with Crippen LogP contribution >= 0.6 is 43.2 Å². The van der Waals surface area contributed by atoms with Gasteiger partial charge in [-0.3, -0.25) is 0 Å². The SMILES string of the molecule is CCC(SC)SSSC. The van der Waals surface area contributed by atoms with Crippen LogP contribution in [0.3, 0.4) is 0 Å². The Morgan fingerprint density at radius 2 is 2.00 bits per heavy atom. The molecule has 4 heteroatoms. The summed E-state index contributed by atoms with van der Waals surface area (Å²) >= 11 is 1.94. The molecule has 0 amide bonds. The van der Waals surface area contributed by atoms with Crippen molar-refractivity contribution in [1.29, 1.82) is 0 Å². The second-order valence-corrected chi connectivity index (χ2v) is 7.18. The van der Waals surface area contributed by atoms with Crippen LogP contribution in [0.5, 0.6) is 0 Å². The lowest BCUT2D eigenvalue weighted by molar-refractivity contribution is 1.06. The molecule has 1 atom stereocenters. The van der Waals surface area contributed by atoms with E-state index < -0.39 is 0 Å². The molecule has 1 unspecified atom stereocenters. The normalized spacial score (nSPS) is 13.7. The van der Waals surface area contributed by atoms with Crippen LogP contribution < -0.4 is 0 Å². The van der Waals surface area contributed by atoms with Gasteiger partial charge in [-0.25, -0.2) is 0 Å². The first-order valence-corrected chi connectivity index (χ1v) is 7.98. The monoisotopic (exact) mass is 200 g/mol. The number of thioether (sulfide) groups is 1. The minimum Gasteiger partial charge on any atom is -0.150 e. The first kappa shape index (κ1) is 10.4.